The molecule has 4 rings (SSSR count). The number of benzene rings is 2. The fourth-order valence-corrected chi connectivity index (χ4v) is 3.86. The summed E-state index contributed by atoms with van der Waals surface area (Å²) in [6, 6.07) is 18.9. The van der Waals surface area contributed by atoms with Crippen molar-refractivity contribution in [2.45, 2.75) is 26.7 Å². The Morgan fingerprint density at radius 1 is 1.12 bits per heavy atom. The Morgan fingerprint density at radius 3 is 2.47 bits per heavy atom. The highest BCUT2D eigenvalue weighted by Gasteiger charge is 2.34. The molecule has 6 nitrogen and oxygen atoms in total. The molecule has 0 atom stereocenters. The van der Waals surface area contributed by atoms with E-state index in [1.54, 1.807) is 15.6 Å². The third kappa shape index (κ3) is 5.19. The number of hydrogen-bond acceptors (Lipinski definition) is 3. The molecule has 3 aromatic rings. The second-order valence-electron chi connectivity index (χ2n) is 8.58. The van der Waals surface area contributed by atoms with E-state index in [1.165, 1.54) is 0 Å². The molecule has 32 heavy (non-hydrogen) atoms. The predicted molar refractivity (Wildman–Crippen MR) is 127 cm³/mol. The Balaban J connectivity index is 1.61. The van der Waals surface area contributed by atoms with E-state index >= 15 is 0 Å². The van der Waals surface area contributed by atoms with Crippen molar-refractivity contribution in [2.24, 2.45) is 11.8 Å². The van der Waals surface area contributed by atoms with Crippen LogP contribution in [0, 0.1) is 11.8 Å². The average molecular weight is 451 g/mol. The highest BCUT2D eigenvalue weighted by atomic mass is 35.5. The van der Waals surface area contributed by atoms with Crippen molar-refractivity contribution in [1.29, 1.82) is 0 Å². The molecular weight excluding hydrogens is 424 g/mol. The Labute approximate surface area is 193 Å². The van der Waals surface area contributed by atoms with Gasteiger partial charge in [0.2, 0.25) is 11.8 Å². The maximum atomic E-state index is 13.0. The number of halogens is 1. The van der Waals surface area contributed by atoms with Crippen LogP contribution in [0.25, 0.3) is 16.9 Å². The molecule has 1 saturated carbocycles. The van der Waals surface area contributed by atoms with E-state index in [-0.39, 0.29) is 30.2 Å². The third-order valence-corrected chi connectivity index (χ3v) is 5.60. The summed E-state index contributed by atoms with van der Waals surface area (Å²) in [5, 5.41) is 8.18. The summed E-state index contributed by atoms with van der Waals surface area (Å²) in [6.45, 7) is 4.66. The molecule has 2 aromatic carbocycles. The lowest BCUT2D eigenvalue weighted by molar-refractivity contribution is -0.136. The molecule has 1 aliphatic carbocycles. The van der Waals surface area contributed by atoms with Crippen LogP contribution < -0.4 is 5.32 Å². The molecule has 1 heterocycles. The molecule has 1 fully saturated rings. The summed E-state index contributed by atoms with van der Waals surface area (Å²) in [5.74, 6) is 0.667. The molecular formula is C25H27ClN4O2. The number of aromatic nitrogens is 2. The second-order valence-corrected chi connectivity index (χ2v) is 8.99. The van der Waals surface area contributed by atoms with Crippen LogP contribution in [0.5, 0.6) is 0 Å². The summed E-state index contributed by atoms with van der Waals surface area (Å²) < 4.78 is 1.64. The predicted octanol–water partition coefficient (Wildman–Crippen LogP) is 5.03. The number of anilines is 1. The number of hydrogen-bond donors (Lipinski definition) is 1. The second kappa shape index (κ2) is 9.57. The Morgan fingerprint density at radius 2 is 1.81 bits per heavy atom. The molecule has 0 radical (unpaired) electrons. The first-order valence-electron chi connectivity index (χ1n) is 10.9. The number of nitrogens with one attached hydrogen (secondary N) is 1. The van der Waals surface area contributed by atoms with E-state index in [0.29, 0.717) is 28.8 Å². The summed E-state index contributed by atoms with van der Waals surface area (Å²) in [5.41, 5.74) is 2.31. The Bertz CT molecular complexity index is 1110. The van der Waals surface area contributed by atoms with Crippen molar-refractivity contribution in [3.05, 3.63) is 65.7 Å². The van der Waals surface area contributed by atoms with Crippen molar-refractivity contribution in [1.82, 2.24) is 14.7 Å². The fourth-order valence-electron chi connectivity index (χ4n) is 3.64. The lowest BCUT2D eigenvalue weighted by Crippen LogP contribution is -2.41. The number of rotatable bonds is 8. The first-order valence-corrected chi connectivity index (χ1v) is 11.3. The topological polar surface area (TPSA) is 67.2 Å². The highest BCUT2D eigenvalue weighted by Crippen LogP contribution is 2.31. The molecule has 1 N–H and O–H groups in total. The largest absolute Gasteiger partial charge is 0.333 e. The Kier molecular flexibility index (Phi) is 6.61. The van der Waals surface area contributed by atoms with Crippen molar-refractivity contribution in [3.8, 4) is 16.9 Å². The van der Waals surface area contributed by atoms with Crippen LogP contribution in [0.2, 0.25) is 5.02 Å². The van der Waals surface area contributed by atoms with E-state index < -0.39 is 0 Å². The van der Waals surface area contributed by atoms with Gasteiger partial charge >= 0.3 is 0 Å². The monoisotopic (exact) mass is 450 g/mol. The van der Waals surface area contributed by atoms with Crippen LogP contribution >= 0.6 is 11.6 Å². The number of carbonyl (C=O) groups excluding carboxylic acids is 2. The van der Waals surface area contributed by atoms with Gasteiger partial charge in [0.25, 0.3) is 0 Å². The molecule has 0 unspecified atom stereocenters. The summed E-state index contributed by atoms with van der Waals surface area (Å²) in [4.78, 5) is 27.3. The molecule has 0 aliphatic heterocycles. The maximum Gasteiger partial charge on any atom is 0.245 e. The van der Waals surface area contributed by atoms with Gasteiger partial charge in [-0.3, -0.25) is 9.59 Å². The smallest absolute Gasteiger partial charge is 0.245 e. The first-order chi connectivity index (χ1) is 15.4. The normalized spacial score (nSPS) is 13.2. The molecule has 0 spiro atoms. The van der Waals surface area contributed by atoms with Gasteiger partial charge in [-0.05, 0) is 30.9 Å². The van der Waals surface area contributed by atoms with E-state index in [9.17, 15) is 9.59 Å². The van der Waals surface area contributed by atoms with Gasteiger partial charge in [-0.15, -0.1) is 0 Å². The number of carbonyl (C=O) groups is 2. The Hall–Kier alpha value is -3.12. The summed E-state index contributed by atoms with van der Waals surface area (Å²) >= 11 is 6.42. The molecule has 7 heteroatoms. The van der Waals surface area contributed by atoms with Crippen molar-refractivity contribution in [3.63, 3.8) is 0 Å². The van der Waals surface area contributed by atoms with E-state index in [1.807, 2.05) is 68.4 Å². The average Bonchev–Trinajstić information content (AvgIpc) is 3.54. The van der Waals surface area contributed by atoms with Gasteiger partial charge in [0.05, 0.1) is 22.9 Å². The van der Waals surface area contributed by atoms with Crippen molar-refractivity contribution in [2.75, 3.05) is 18.4 Å². The third-order valence-electron chi connectivity index (χ3n) is 5.29. The zero-order valence-corrected chi connectivity index (χ0v) is 19.0. The summed E-state index contributed by atoms with van der Waals surface area (Å²) in [7, 11) is 0. The van der Waals surface area contributed by atoms with Crippen molar-refractivity contribution < 1.29 is 9.59 Å². The van der Waals surface area contributed by atoms with Crippen LogP contribution in [0.15, 0.2) is 60.7 Å². The molecule has 2 amide bonds. The fraction of sp³-hybridized carbons (Fsp3) is 0.320. The highest BCUT2D eigenvalue weighted by molar-refractivity contribution is 6.32. The van der Waals surface area contributed by atoms with Gasteiger partial charge in [-0.2, -0.15) is 5.10 Å². The minimum atomic E-state index is -0.257. The lowest BCUT2D eigenvalue weighted by Gasteiger charge is -2.24. The van der Waals surface area contributed by atoms with Crippen LogP contribution in [0.3, 0.4) is 0 Å². The van der Waals surface area contributed by atoms with Gasteiger partial charge in [-0.1, -0.05) is 67.9 Å². The standard InChI is InChI=1S/C25H27ClN4O2/c1-17(2)15-29(25(32)19-12-13-19)16-24(31)27-23-14-21(18-8-4-3-5-9-18)28-30(23)22-11-7-6-10-20(22)26/h3-11,14,17,19H,12-13,15-16H2,1-2H3,(H,27,31). The van der Waals surface area contributed by atoms with Crippen LogP contribution in [0.4, 0.5) is 5.82 Å². The van der Waals surface area contributed by atoms with E-state index in [2.05, 4.69) is 5.32 Å². The van der Waals surface area contributed by atoms with E-state index in [0.717, 1.165) is 18.4 Å². The molecule has 1 aliphatic rings. The van der Waals surface area contributed by atoms with Gasteiger partial charge < -0.3 is 10.2 Å². The van der Waals surface area contributed by atoms with Gasteiger partial charge in [-0.25, -0.2) is 4.68 Å². The summed E-state index contributed by atoms with van der Waals surface area (Å²) in [6.07, 6.45) is 1.82. The van der Waals surface area contributed by atoms with Gasteiger partial charge in [0.1, 0.15) is 5.82 Å². The SMILES string of the molecule is CC(C)CN(CC(=O)Nc1cc(-c2ccccc2)nn1-c1ccccc1Cl)C(=O)C1CC1. The zero-order chi connectivity index (χ0) is 22.7. The molecule has 1 aromatic heterocycles. The maximum absolute atomic E-state index is 13.0. The minimum Gasteiger partial charge on any atom is -0.333 e. The van der Waals surface area contributed by atoms with Gasteiger partial charge in [0.15, 0.2) is 0 Å². The minimum absolute atomic E-state index is 0.0158. The zero-order valence-electron chi connectivity index (χ0n) is 18.3. The first kappa shape index (κ1) is 22.1. The van der Waals surface area contributed by atoms with E-state index in [4.69, 9.17) is 16.7 Å². The number of nitrogens with zero attached hydrogens (tertiary/aromatic N) is 3. The van der Waals surface area contributed by atoms with Crippen LogP contribution in [-0.4, -0.2) is 39.6 Å². The van der Waals surface area contributed by atoms with Gasteiger partial charge in [0, 0.05) is 24.1 Å². The van der Waals surface area contributed by atoms with Crippen LogP contribution in [0.1, 0.15) is 26.7 Å². The number of para-hydroxylation sites is 1. The quantitative estimate of drug-likeness (QED) is 0.523. The molecule has 0 bridgehead atoms. The molecule has 0 saturated heterocycles. The van der Waals surface area contributed by atoms with Crippen molar-refractivity contribution >= 4 is 29.2 Å². The lowest BCUT2D eigenvalue weighted by atomic mass is 10.1. The number of amides is 2. The van der Waals surface area contributed by atoms with Crippen LogP contribution in [-0.2, 0) is 9.59 Å². The molecule has 166 valence electrons.